The summed E-state index contributed by atoms with van der Waals surface area (Å²) in [7, 11) is -2.12. The van der Waals surface area contributed by atoms with Crippen LogP contribution in [0.1, 0.15) is 26.5 Å². The lowest BCUT2D eigenvalue weighted by Crippen LogP contribution is -2.11. The van der Waals surface area contributed by atoms with E-state index in [9.17, 15) is 8.42 Å². The van der Waals surface area contributed by atoms with E-state index in [1.54, 1.807) is 37.4 Å². The lowest BCUT2D eigenvalue weighted by molar-refractivity contribution is 0.415. The SMILES string of the molecule is COc1cccc(NS(=O)(=O)c2cc(-c3nc(C(C)(C)C)cs3)cs2)c1. The number of hydrogen-bond acceptors (Lipinski definition) is 6. The van der Waals surface area contributed by atoms with Gasteiger partial charge in [-0.25, -0.2) is 13.4 Å². The molecule has 2 heterocycles. The number of benzene rings is 1. The van der Waals surface area contributed by atoms with Gasteiger partial charge in [0.15, 0.2) is 0 Å². The van der Waals surface area contributed by atoms with Crippen molar-refractivity contribution in [1.29, 1.82) is 0 Å². The first-order valence-electron chi connectivity index (χ1n) is 7.91. The van der Waals surface area contributed by atoms with Crippen molar-refractivity contribution < 1.29 is 13.2 Å². The van der Waals surface area contributed by atoms with Gasteiger partial charge >= 0.3 is 0 Å². The van der Waals surface area contributed by atoms with E-state index in [0.29, 0.717) is 11.4 Å². The van der Waals surface area contributed by atoms with Crippen LogP contribution in [0.2, 0.25) is 0 Å². The summed E-state index contributed by atoms with van der Waals surface area (Å²) >= 11 is 2.71. The van der Waals surface area contributed by atoms with E-state index in [1.165, 1.54) is 22.7 Å². The molecule has 0 aliphatic rings. The average Bonchev–Trinajstić information content (AvgIpc) is 3.23. The number of nitrogens with zero attached hydrogens (tertiary/aromatic N) is 1. The van der Waals surface area contributed by atoms with Crippen molar-refractivity contribution in [2.45, 2.75) is 30.4 Å². The summed E-state index contributed by atoms with van der Waals surface area (Å²) in [4.78, 5) is 4.65. The van der Waals surface area contributed by atoms with E-state index >= 15 is 0 Å². The number of aromatic nitrogens is 1. The summed E-state index contributed by atoms with van der Waals surface area (Å²) in [5.41, 5.74) is 2.25. The summed E-state index contributed by atoms with van der Waals surface area (Å²) in [5, 5.41) is 4.68. The third-order valence-electron chi connectivity index (χ3n) is 3.68. The normalized spacial score (nSPS) is 12.2. The lowest BCUT2D eigenvalue weighted by atomic mass is 9.93. The molecule has 0 fully saturated rings. The number of nitrogens with one attached hydrogen (secondary N) is 1. The van der Waals surface area contributed by atoms with Crippen molar-refractivity contribution in [1.82, 2.24) is 4.98 Å². The molecular formula is C18H20N2O3S3. The maximum atomic E-state index is 12.7. The Kier molecular flexibility index (Phi) is 5.09. The maximum absolute atomic E-state index is 12.7. The molecule has 26 heavy (non-hydrogen) atoms. The second-order valence-corrected chi connectivity index (χ2v) is 10.5. The summed E-state index contributed by atoms with van der Waals surface area (Å²) in [5.74, 6) is 0.592. The predicted octanol–water partition coefficient (Wildman–Crippen LogP) is 4.98. The first-order valence-corrected chi connectivity index (χ1v) is 11.1. The first kappa shape index (κ1) is 18.9. The Balaban J connectivity index is 1.85. The zero-order valence-electron chi connectivity index (χ0n) is 14.9. The molecule has 0 bridgehead atoms. The summed E-state index contributed by atoms with van der Waals surface area (Å²) in [6.45, 7) is 6.31. The van der Waals surface area contributed by atoms with Gasteiger partial charge in [-0.05, 0) is 18.2 Å². The first-order chi connectivity index (χ1) is 12.2. The van der Waals surface area contributed by atoms with Gasteiger partial charge in [-0.3, -0.25) is 4.72 Å². The van der Waals surface area contributed by atoms with Crippen LogP contribution in [-0.4, -0.2) is 20.5 Å². The zero-order chi connectivity index (χ0) is 18.9. The quantitative estimate of drug-likeness (QED) is 0.646. The number of methoxy groups -OCH3 is 1. The van der Waals surface area contributed by atoms with E-state index in [1.807, 2.05) is 10.8 Å². The number of thiazole rings is 1. The maximum Gasteiger partial charge on any atom is 0.271 e. The molecule has 5 nitrogen and oxygen atoms in total. The average molecular weight is 409 g/mol. The Morgan fingerprint density at radius 2 is 1.88 bits per heavy atom. The molecule has 0 unspecified atom stereocenters. The topological polar surface area (TPSA) is 68.3 Å². The van der Waals surface area contributed by atoms with Crippen LogP contribution in [0.15, 0.2) is 45.3 Å². The third-order valence-corrected chi connectivity index (χ3v) is 7.39. The van der Waals surface area contributed by atoms with E-state index in [0.717, 1.165) is 16.3 Å². The molecule has 8 heteroatoms. The number of ether oxygens (including phenoxy) is 1. The monoisotopic (exact) mass is 408 g/mol. The van der Waals surface area contributed by atoms with Gasteiger partial charge in [-0.2, -0.15) is 0 Å². The summed E-state index contributed by atoms with van der Waals surface area (Å²) in [6, 6.07) is 8.49. The smallest absolute Gasteiger partial charge is 0.271 e. The molecule has 0 aliphatic heterocycles. The van der Waals surface area contributed by atoms with Crippen LogP contribution in [0.3, 0.4) is 0 Å². The Morgan fingerprint density at radius 1 is 1.12 bits per heavy atom. The van der Waals surface area contributed by atoms with Crippen LogP contribution in [0.5, 0.6) is 5.75 Å². The number of sulfonamides is 1. The molecule has 0 saturated carbocycles. The minimum absolute atomic E-state index is 0.0341. The van der Waals surface area contributed by atoms with Crippen LogP contribution in [0.4, 0.5) is 5.69 Å². The van der Waals surface area contributed by atoms with Crippen LogP contribution in [0.25, 0.3) is 10.6 Å². The van der Waals surface area contributed by atoms with Crippen molar-refractivity contribution >= 4 is 38.4 Å². The molecule has 3 rings (SSSR count). The second kappa shape index (κ2) is 7.02. The summed E-state index contributed by atoms with van der Waals surface area (Å²) in [6.07, 6.45) is 0. The molecule has 1 N–H and O–H groups in total. The van der Waals surface area contributed by atoms with Crippen molar-refractivity contribution in [2.75, 3.05) is 11.8 Å². The molecule has 0 spiro atoms. The number of thiophene rings is 1. The second-order valence-electron chi connectivity index (χ2n) is 6.78. The Hall–Kier alpha value is -1.90. The van der Waals surface area contributed by atoms with Crippen LogP contribution in [0, 0.1) is 0 Å². The highest BCUT2D eigenvalue weighted by Crippen LogP contribution is 2.34. The minimum Gasteiger partial charge on any atom is -0.497 e. The van der Waals surface area contributed by atoms with E-state index in [-0.39, 0.29) is 9.62 Å². The molecule has 3 aromatic rings. The van der Waals surface area contributed by atoms with Gasteiger partial charge in [0.2, 0.25) is 0 Å². The number of anilines is 1. The Labute approximate surface area is 161 Å². The van der Waals surface area contributed by atoms with Crippen LogP contribution in [-0.2, 0) is 15.4 Å². The van der Waals surface area contributed by atoms with Crippen molar-refractivity contribution in [3.05, 3.63) is 46.8 Å². The Morgan fingerprint density at radius 3 is 2.54 bits per heavy atom. The van der Waals surface area contributed by atoms with Gasteiger partial charge in [-0.1, -0.05) is 26.8 Å². The molecule has 0 saturated heterocycles. The number of rotatable bonds is 5. The molecular weight excluding hydrogens is 388 g/mol. The zero-order valence-corrected chi connectivity index (χ0v) is 17.4. The predicted molar refractivity (Wildman–Crippen MR) is 108 cm³/mol. The van der Waals surface area contributed by atoms with Gasteiger partial charge in [-0.15, -0.1) is 22.7 Å². The van der Waals surface area contributed by atoms with E-state index < -0.39 is 10.0 Å². The molecule has 0 radical (unpaired) electrons. The molecule has 2 aromatic heterocycles. The minimum atomic E-state index is -3.66. The van der Waals surface area contributed by atoms with Gasteiger partial charge in [0.05, 0.1) is 18.5 Å². The molecule has 0 aliphatic carbocycles. The van der Waals surface area contributed by atoms with Crippen molar-refractivity contribution in [3.63, 3.8) is 0 Å². The highest BCUT2D eigenvalue weighted by atomic mass is 32.2. The molecule has 0 amide bonds. The van der Waals surface area contributed by atoms with Gasteiger partial charge < -0.3 is 4.74 Å². The number of hydrogen-bond donors (Lipinski definition) is 1. The van der Waals surface area contributed by atoms with Crippen LogP contribution >= 0.6 is 22.7 Å². The standard InChI is InChI=1S/C18H20N2O3S3/c1-18(2,3)15-11-25-17(19-15)12-8-16(24-10-12)26(21,22)20-13-6-5-7-14(9-13)23-4/h5-11,20H,1-4H3. The van der Waals surface area contributed by atoms with Gasteiger partial charge in [0, 0.05) is 27.8 Å². The highest BCUT2D eigenvalue weighted by molar-refractivity contribution is 7.94. The van der Waals surface area contributed by atoms with Crippen molar-refractivity contribution in [3.8, 4) is 16.3 Å². The van der Waals surface area contributed by atoms with Gasteiger partial charge in [0.1, 0.15) is 15.0 Å². The fourth-order valence-corrected chi connectivity index (χ4v) is 5.54. The summed E-state index contributed by atoms with van der Waals surface area (Å²) < 4.78 is 33.3. The van der Waals surface area contributed by atoms with Gasteiger partial charge in [0.25, 0.3) is 10.0 Å². The van der Waals surface area contributed by atoms with E-state index in [4.69, 9.17) is 4.74 Å². The lowest BCUT2D eigenvalue weighted by Gasteiger charge is -2.14. The molecule has 138 valence electrons. The van der Waals surface area contributed by atoms with Crippen molar-refractivity contribution in [2.24, 2.45) is 0 Å². The third kappa shape index (κ3) is 4.08. The fraction of sp³-hybridized carbons (Fsp3) is 0.278. The molecule has 1 aromatic carbocycles. The largest absolute Gasteiger partial charge is 0.497 e. The highest BCUT2D eigenvalue weighted by Gasteiger charge is 2.21. The Bertz CT molecular complexity index is 1010. The molecule has 0 atom stereocenters. The van der Waals surface area contributed by atoms with Crippen LogP contribution < -0.4 is 9.46 Å². The van der Waals surface area contributed by atoms with E-state index in [2.05, 4.69) is 30.5 Å². The fourth-order valence-electron chi connectivity index (χ4n) is 2.21.